The maximum absolute atomic E-state index is 13.2. The van der Waals surface area contributed by atoms with Crippen LogP contribution in [0.1, 0.15) is 18.4 Å². The van der Waals surface area contributed by atoms with Gasteiger partial charge in [-0.2, -0.15) is 0 Å². The van der Waals surface area contributed by atoms with Gasteiger partial charge in [0.1, 0.15) is 0 Å². The van der Waals surface area contributed by atoms with Gasteiger partial charge in [0, 0.05) is 47.8 Å². The molecule has 0 bridgehead atoms. The molecule has 9 heteroatoms. The molecule has 4 rings (SSSR count). The van der Waals surface area contributed by atoms with Crippen LogP contribution in [0.4, 0.5) is 14.5 Å². The molecule has 0 N–H and O–H groups in total. The Morgan fingerprint density at radius 3 is 2.50 bits per heavy atom. The number of anilines is 1. The Labute approximate surface area is 211 Å². The van der Waals surface area contributed by atoms with Crippen molar-refractivity contribution in [2.24, 2.45) is 5.92 Å². The number of carboxylic acid groups (broad SMARTS) is 1. The minimum atomic E-state index is -2.57. The molecule has 1 heterocycles. The molecule has 1 aromatic heterocycles. The van der Waals surface area contributed by atoms with Gasteiger partial charge in [0.2, 0.25) is 5.92 Å². The quantitative estimate of drug-likeness (QED) is 0.298. The fourth-order valence-electron chi connectivity index (χ4n) is 4.52. The molecule has 164 valence electrons. The van der Waals surface area contributed by atoms with E-state index in [1.165, 1.54) is 11.8 Å². The van der Waals surface area contributed by atoms with Gasteiger partial charge in [-0.15, -0.1) is 11.8 Å². The number of carbonyl (C=O) groups excluding carboxylic acids is 1. The second-order valence-corrected chi connectivity index (χ2v) is 9.13. The van der Waals surface area contributed by atoms with E-state index in [9.17, 15) is 23.5 Å². The van der Waals surface area contributed by atoms with E-state index in [0.29, 0.717) is 28.4 Å². The molecule has 0 saturated heterocycles. The number of alkyl halides is 2. The van der Waals surface area contributed by atoms with Crippen molar-refractivity contribution < 1.29 is 48.2 Å². The van der Waals surface area contributed by atoms with Gasteiger partial charge in [-0.1, -0.05) is 6.07 Å². The van der Waals surface area contributed by atoms with E-state index in [4.69, 9.17) is 0 Å². The smallest absolute Gasteiger partial charge is 0.548 e. The Kier molecular flexibility index (Phi) is 7.29. The molecule has 0 aliphatic heterocycles. The molecule has 3 aromatic rings. The van der Waals surface area contributed by atoms with Crippen molar-refractivity contribution in [3.63, 3.8) is 0 Å². The maximum atomic E-state index is 13.2. The van der Waals surface area contributed by atoms with Crippen molar-refractivity contribution >= 4 is 45.2 Å². The number of rotatable bonds is 6. The minimum absolute atomic E-state index is 0. The molecule has 1 aliphatic carbocycles. The van der Waals surface area contributed by atoms with Gasteiger partial charge in [-0.05, 0) is 48.9 Å². The number of aryl methyl sites for hydroxylation is 1. The van der Waals surface area contributed by atoms with Crippen LogP contribution < -0.4 is 45.0 Å². The predicted molar refractivity (Wildman–Crippen MR) is 118 cm³/mol. The summed E-state index contributed by atoms with van der Waals surface area (Å²) in [6.45, 7) is 1.99. The Morgan fingerprint density at radius 1 is 1.25 bits per heavy atom. The molecule has 0 radical (unpaired) electrons. The molecule has 32 heavy (non-hydrogen) atoms. The standard InChI is InChI=1S/C23H24F2N2O3S.Na/c1-13-4-6-17-20(22(13)31-3)27(12-19(28)29)18-8-15(5-7-16(18)21(17)30)26(2)11-14-9-23(24,25)10-14;/h4-8,14H,9-12H2,1-3H3,(H,28,29);/q;+1/p-1. The molecule has 2 aromatic carbocycles. The first kappa shape index (κ1) is 25.0. The fourth-order valence-corrected chi connectivity index (χ4v) is 5.32. The van der Waals surface area contributed by atoms with Crippen LogP contribution in [0.2, 0.25) is 0 Å². The Balaban J connectivity index is 0.00000289. The van der Waals surface area contributed by atoms with E-state index >= 15 is 0 Å². The van der Waals surface area contributed by atoms with Crippen LogP contribution in [0.15, 0.2) is 40.0 Å². The van der Waals surface area contributed by atoms with Gasteiger partial charge in [-0.3, -0.25) is 4.79 Å². The molecule has 0 spiro atoms. The summed E-state index contributed by atoms with van der Waals surface area (Å²) in [5, 5.41) is 12.5. The van der Waals surface area contributed by atoms with Gasteiger partial charge < -0.3 is 19.4 Å². The normalized spacial score (nSPS) is 15.4. The van der Waals surface area contributed by atoms with Crippen LogP contribution in [-0.2, 0) is 11.3 Å². The average molecular weight is 469 g/mol. The number of thioether (sulfide) groups is 1. The summed E-state index contributed by atoms with van der Waals surface area (Å²) >= 11 is 1.46. The third-order valence-electron chi connectivity index (χ3n) is 6.00. The molecule has 1 saturated carbocycles. The molecular formula is C23H23F2N2NaO3S. The molecule has 0 atom stereocenters. The summed E-state index contributed by atoms with van der Waals surface area (Å²) in [6.07, 6.45) is 1.64. The first-order chi connectivity index (χ1) is 14.6. The summed E-state index contributed by atoms with van der Waals surface area (Å²) < 4.78 is 28.0. The van der Waals surface area contributed by atoms with Crippen molar-refractivity contribution in [2.75, 3.05) is 24.7 Å². The molecule has 5 nitrogen and oxygen atoms in total. The van der Waals surface area contributed by atoms with Gasteiger partial charge in [0.05, 0.1) is 23.5 Å². The monoisotopic (exact) mass is 468 g/mol. The van der Waals surface area contributed by atoms with Gasteiger partial charge in [0.25, 0.3) is 0 Å². The van der Waals surface area contributed by atoms with Crippen molar-refractivity contribution in [1.29, 1.82) is 0 Å². The summed E-state index contributed by atoms with van der Waals surface area (Å²) in [5.74, 6) is -3.92. The summed E-state index contributed by atoms with van der Waals surface area (Å²) in [7, 11) is 1.82. The SMILES string of the molecule is CSc1c(C)ccc2c(=O)c3ccc(N(C)CC4CC(F)(F)C4)cc3n(CC(=O)[O-])c12.[Na+]. The topological polar surface area (TPSA) is 65.4 Å². The fraction of sp³-hybridized carbons (Fsp3) is 0.391. The maximum Gasteiger partial charge on any atom is 1.00 e. The predicted octanol–water partition coefficient (Wildman–Crippen LogP) is 0.420. The second kappa shape index (κ2) is 9.33. The molecule has 0 amide bonds. The van der Waals surface area contributed by atoms with E-state index in [-0.39, 0.29) is 53.7 Å². The third-order valence-corrected chi connectivity index (χ3v) is 6.92. The summed E-state index contributed by atoms with van der Waals surface area (Å²) in [6, 6.07) is 8.82. The number of halogens is 2. The zero-order valence-corrected chi connectivity index (χ0v) is 21.4. The molecule has 1 fully saturated rings. The number of aromatic nitrogens is 1. The molecule has 0 unspecified atom stereocenters. The van der Waals surface area contributed by atoms with Crippen molar-refractivity contribution in [2.45, 2.75) is 37.1 Å². The number of pyridine rings is 1. The number of carbonyl (C=O) groups is 1. The molecular weight excluding hydrogens is 445 g/mol. The van der Waals surface area contributed by atoms with Crippen LogP contribution in [0.5, 0.6) is 0 Å². The first-order valence-electron chi connectivity index (χ1n) is 10.0. The largest absolute Gasteiger partial charge is 1.00 e. The zero-order chi connectivity index (χ0) is 22.5. The third kappa shape index (κ3) is 4.55. The van der Waals surface area contributed by atoms with Gasteiger partial charge in [-0.25, -0.2) is 8.78 Å². The van der Waals surface area contributed by atoms with E-state index in [2.05, 4.69) is 0 Å². The summed E-state index contributed by atoms with van der Waals surface area (Å²) in [4.78, 5) is 27.5. The number of hydrogen-bond acceptors (Lipinski definition) is 5. The van der Waals surface area contributed by atoms with Crippen molar-refractivity contribution in [1.82, 2.24) is 4.57 Å². The van der Waals surface area contributed by atoms with Crippen molar-refractivity contribution in [3.8, 4) is 0 Å². The van der Waals surface area contributed by atoms with Crippen LogP contribution in [0.3, 0.4) is 0 Å². The van der Waals surface area contributed by atoms with Crippen LogP contribution in [0, 0.1) is 12.8 Å². The second-order valence-electron chi connectivity index (χ2n) is 8.31. The van der Waals surface area contributed by atoms with Gasteiger partial charge >= 0.3 is 29.6 Å². The molecule has 1 aliphatic rings. The number of benzene rings is 2. The van der Waals surface area contributed by atoms with E-state index in [1.54, 1.807) is 28.8 Å². The minimum Gasteiger partial charge on any atom is -0.548 e. The van der Waals surface area contributed by atoms with E-state index in [0.717, 1.165) is 16.1 Å². The van der Waals surface area contributed by atoms with Crippen LogP contribution in [-0.4, -0.2) is 36.3 Å². The number of carboxylic acids is 1. The average Bonchev–Trinajstić information content (AvgIpc) is 2.68. The van der Waals surface area contributed by atoms with Crippen LogP contribution in [0.25, 0.3) is 21.8 Å². The Morgan fingerprint density at radius 2 is 1.91 bits per heavy atom. The first-order valence-corrected chi connectivity index (χ1v) is 11.3. The Hall–Kier alpha value is -1.61. The van der Waals surface area contributed by atoms with Crippen LogP contribution >= 0.6 is 11.8 Å². The number of aliphatic carboxylic acids is 1. The number of hydrogen-bond donors (Lipinski definition) is 0. The van der Waals surface area contributed by atoms with Gasteiger partial charge in [0.15, 0.2) is 5.43 Å². The van der Waals surface area contributed by atoms with E-state index < -0.39 is 18.4 Å². The summed E-state index contributed by atoms with van der Waals surface area (Å²) in [5.41, 5.74) is 2.60. The Bertz CT molecular complexity index is 1250. The van der Waals surface area contributed by atoms with E-state index in [1.807, 2.05) is 31.2 Å². The number of fused-ring (bicyclic) bond motifs is 2. The van der Waals surface area contributed by atoms with Crippen molar-refractivity contribution in [3.05, 3.63) is 46.1 Å². The number of nitrogens with zero attached hydrogens (tertiary/aromatic N) is 2. The zero-order valence-electron chi connectivity index (χ0n) is 18.6.